The van der Waals surface area contributed by atoms with Crippen molar-refractivity contribution < 1.29 is 9.53 Å². The molecule has 0 amide bonds. The number of nitrogens with zero attached hydrogens (tertiary/aromatic N) is 2. The highest BCUT2D eigenvalue weighted by Gasteiger charge is 2.42. The van der Waals surface area contributed by atoms with Crippen LogP contribution in [0, 0.1) is 0 Å². The Balaban J connectivity index is 1.90. The van der Waals surface area contributed by atoms with Crippen molar-refractivity contribution in [2.75, 3.05) is 6.61 Å². The minimum atomic E-state index is -0.528. The number of hydrogen-bond donors (Lipinski definition) is 0. The number of hydrogen-bond acceptors (Lipinski definition) is 5. The molecule has 2 aliphatic heterocycles. The van der Waals surface area contributed by atoms with Gasteiger partial charge in [0.2, 0.25) is 0 Å². The number of fused-ring (bicyclic) bond motifs is 1. The third-order valence-electron chi connectivity index (χ3n) is 4.84. The van der Waals surface area contributed by atoms with E-state index in [1.807, 2.05) is 53.6 Å². The molecule has 4 nitrogen and oxygen atoms in total. The normalized spacial score (nSPS) is 18.2. The summed E-state index contributed by atoms with van der Waals surface area (Å²) in [6.07, 6.45) is 0. The fourth-order valence-corrected chi connectivity index (χ4v) is 5.02. The van der Waals surface area contributed by atoms with Crippen molar-refractivity contribution in [3.8, 4) is 0 Å². The average Bonchev–Trinajstić information content (AvgIpc) is 3.13. The van der Waals surface area contributed by atoms with Gasteiger partial charge in [0.1, 0.15) is 0 Å². The Labute approximate surface area is 194 Å². The summed E-state index contributed by atoms with van der Waals surface area (Å²) in [5.41, 5.74) is 3.58. The zero-order chi connectivity index (χ0) is 21.4. The molecule has 2 heterocycles. The summed E-state index contributed by atoms with van der Waals surface area (Å²) in [5, 5.41) is 4.23. The van der Waals surface area contributed by atoms with Gasteiger partial charge in [-0.2, -0.15) is 0 Å². The molecule has 0 spiro atoms. The first-order chi connectivity index (χ1) is 14.4. The first kappa shape index (κ1) is 21.3. The molecule has 0 aliphatic carbocycles. The summed E-state index contributed by atoms with van der Waals surface area (Å²) < 4.78 is 5.37. The van der Waals surface area contributed by atoms with E-state index in [1.165, 1.54) is 11.8 Å². The molecule has 0 fully saturated rings. The van der Waals surface area contributed by atoms with E-state index in [-0.39, 0.29) is 6.61 Å². The first-order valence-electron chi connectivity index (χ1n) is 9.24. The average molecular weight is 480 g/mol. The summed E-state index contributed by atoms with van der Waals surface area (Å²) >= 11 is 20.5. The van der Waals surface area contributed by atoms with Crippen LogP contribution in [0.4, 0.5) is 0 Å². The van der Waals surface area contributed by atoms with Gasteiger partial charge in [-0.25, -0.2) is 9.79 Å². The van der Waals surface area contributed by atoms with Crippen LogP contribution < -0.4 is 0 Å². The lowest BCUT2D eigenvalue weighted by molar-refractivity contribution is -0.139. The number of thioether (sulfide) groups is 1. The van der Waals surface area contributed by atoms with Crippen LogP contribution in [0.5, 0.6) is 0 Å². The molecular formula is C22H17Cl3N2O2S. The highest BCUT2D eigenvalue weighted by Crippen LogP contribution is 2.49. The predicted octanol–water partition coefficient (Wildman–Crippen LogP) is 6.94. The Morgan fingerprint density at radius 3 is 2.60 bits per heavy atom. The lowest BCUT2D eigenvalue weighted by Crippen LogP contribution is -2.36. The van der Waals surface area contributed by atoms with E-state index in [0.717, 1.165) is 16.4 Å². The van der Waals surface area contributed by atoms with Gasteiger partial charge in [-0.15, -0.1) is 0 Å². The molecule has 0 saturated carbocycles. The van der Waals surface area contributed by atoms with E-state index in [0.29, 0.717) is 31.9 Å². The van der Waals surface area contributed by atoms with Crippen LogP contribution in [0.2, 0.25) is 15.1 Å². The summed E-state index contributed by atoms with van der Waals surface area (Å²) in [6.45, 7) is 3.84. The van der Waals surface area contributed by atoms with Gasteiger partial charge in [0.05, 0.1) is 39.7 Å². The van der Waals surface area contributed by atoms with Gasteiger partial charge in [0, 0.05) is 10.4 Å². The number of rotatable bonds is 4. The van der Waals surface area contributed by atoms with Crippen molar-refractivity contribution in [1.82, 2.24) is 4.90 Å². The summed E-state index contributed by atoms with van der Waals surface area (Å²) in [7, 11) is 0. The number of carbonyl (C=O) groups excluding carboxylic acids is 1. The fourth-order valence-electron chi connectivity index (χ4n) is 3.51. The van der Waals surface area contributed by atoms with Gasteiger partial charge < -0.3 is 9.64 Å². The standard InChI is InChI=1S/C22H17Cl3N2O2S/c1-3-29-21(28)18-12(2)26-22-27(20(18)15-5-4-6-16(24)19(15)25)17(11-30-22)13-7-9-14(23)10-8-13/h4-11,20H,3H2,1-2H3/t20-/m1/s1. The van der Waals surface area contributed by atoms with E-state index in [1.54, 1.807) is 13.0 Å². The quantitative estimate of drug-likeness (QED) is 0.445. The van der Waals surface area contributed by atoms with Gasteiger partial charge in [-0.1, -0.05) is 70.8 Å². The molecule has 1 atom stereocenters. The zero-order valence-corrected chi connectivity index (χ0v) is 19.2. The van der Waals surface area contributed by atoms with Crippen molar-refractivity contribution in [2.24, 2.45) is 4.99 Å². The summed E-state index contributed by atoms with van der Waals surface area (Å²) in [6, 6.07) is 12.4. The second-order valence-corrected chi connectivity index (χ2v) is 8.72. The topological polar surface area (TPSA) is 41.9 Å². The monoisotopic (exact) mass is 478 g/mol. The first-order valence-corrected chi connectivity index (χ1v) is 11.3. The third-order valence-corrected chi connectivity index (χ3v) is 6.76. The molecule has 4 rings (SSSR count). The van der Waals surface area contributed by atoms with Gasteiger partial charge in [0.25, 0.3) is 0 Å². The predicted molar refractivity (Wildman–Crippen MR) is 125 cm³/mol. The number of benzene rings is 2. The van der Waals surface area contributed by atoms with Gasteiger partial charge in [-0.3, -0.25) is 0 Å². The maximum atomic E-state index is 13.0. The summed E-state index contributed by atoms with van der Waals surface area (Å²) in [4.78, 5) is 19.7. The SMILES string of the molecule is CCOC(=O)C1=C(C)N=C2SC=C(c3ccc(Cl)cc3)N2[C@@H]1c1cccc(Cl)c1Cl. The molecule has 0 unspecified atom stereocenters. The maximum absolute atomic E-state index is 13.0. The van der Waals surface area contributed by atoms with Crippen molar-refractivity contribution in [3.63, 3.8) is 0 Å². The molecule has 154 valence electrons. The number of aliphatic imine (C=N–C) groups is 1. The van der Waals surface area contributed by atoms with Crippen LogP contribution in [0.25, 0.3) is 5.70 Å². The highest BCUT2D eigenvalue weighted by molar-refractivity contribution is 8.16. The fraction of sp³-hybridized carbons (Fsp3) is 0.182. The molecule has 0 radical (unpaired) electrons. The molecule has 0 bridgehead atoms. The number of ether oxygens (including phenoxy) is 1. The van der Waals surface area contributed by atoms with Crippen LogP contribution >= 0.6 is 46.6 Å². The second kappa shape index (κ2) is 8.67. The molecule has 2 aromatic rings. The van der Waals surface area contributed by atoms with Gasteiger partial charge in [-0.05, 0) is 43.2 Å². The van der Waals surface area contributed by atoms with Gasteiger partial charge in [0.15, 0.2) is 5.17 Å². The Morgan fingerprint density at radius 1 is 1.17 bits per heavy atom. The highest BCUT2D eigenvalue weighted by atomic mass is 35.5. The molecule has 0 aromatic heterocycles. The molecule has 8 heteroatoms. The van der Waals surface area contributed by atoms with Crippen molar-refractivity contribution >= 4 is 63.4 Å². The smallest absolute Gasteiger partial charge is 0.338 e. The zero-order valence-electron chi connectivity index (χ0n) is 16.2. The van der Waals surface area contributed by atoms with Crippen LogP contribution in [-0.4, -0.2) is 22.6 Å². The van der Waals surface area contributed by atoms with Crippen LogP contribution in [0.3, 0.4) is 0 Å². The van der Waals surface area contributed by atoms with Crippen LogP contribution in [-0.2, 0) is 9.53 Å². The summed E-state index contributed by atoms with van der Waals surface area (Å²) in [5.74, 6) is -0.425. The number of amidine groups is 1. The maximum Gasteiger partial charge on any atom is 0.338 e. The molecule has 0 saturated heterocycles. The molecule has 2 aromatic carbocycles. The minimum Gasteiger partial charge on any atom is -0.463 e. The number of carbonyl (C=O) groups is 1. The van der Waals surface area contributed by atoms with E-state index in [9.17, 15) is 4.79 Å². The lowest BCUT2D eigenvalue weighted by Gasteiger charge is -2.36. The third kappa shape index (κ3) is 3.76. The second-order valence-electron chi connectivity index (χ2n) is 6.66. The van der Waals surface area contributed by atoms with E-state index >= 15 is 0 Å². The lowest BCUT2D eigenvalue weighted by atomic mass is 9.93. The van der Waals surface area contributed by atoms with Crippen LogP contribution in [0.15, 0.2) is 64.1 Å². The molecule has 0 N–H and O–H groups in total. The Hall–Kier alpha value is -1.92. The van der Waals surface area contributed by atoms with E-state index in [4.69, 9.17) is 39.5 Å². The van der Waals surface area contributed by atoms with E-state index < -0.39 is 12.0 Å². The van der Waals surface area contributed by atoms with Gasteiger partial charge >= 0.3 is 5.97 Å². The number of esters is 1. The largest absolute Gasteiger partial charge is 0.463 e. The van der Waals surface area contributed by atoms with Crippen molar-refractivity contribution in [1.29, 1.82) is 0 Å². The minimum absolute atomic E-state index is 0.261. The van der Waals surface area contributed by atoms with Crippen LogP contribution in [0.1, 0.15) is 31.0 Å². The Kier molecular flexibility index (Phi) is 6.16. The van der Waals surface area contributed by atoms with E-state index in [2.05, 4.69) is 4.99 Å². The number of allylic oxidation sites excluding steroid dienone is 1. The van der Waals surface area contributed by atoms with Crippen molar-refractivity contribution in [3.05, 3.63) is 85.3 Å². The Morgan fingerprint density at radius 2 is 1.90 bits per heavy atom. The number of halogens is 3. The molecule has 2 aliphatic rings. The molecular weight excluding hydrogens is 463 g/mol. The molecule has 30 heavy (non-hydrogen) atoms. The van der Waals surface area contributed by atoms with Crippen molar-refractivity contribution in [2.45, 2.75) is 19.9 Å². The Bertz CT molecular complexity index is 1110.